The van der Waals surface area contributed by atoms with E-state index < -0.39 is 0 Å². The van der Waals surface area contributed by atoms with E-state index in [0.29, 0.717) is 0 Å². The Labute approximate surface area is 232 Å². The molecule has 6 nitrogen and oxygen atoms in total. The maximum atomic E-state index is 5.70. The molecule has 4 aromatic rings. The molecule has 2 heterocycles. The highest BCUT2D eigenvalue weighted by molar-refractivity contribution is 5.68. The van der Waals surface area contributed by atoms with E-state index in [2.05, 4.69) is 89.2 Å². The molecule has 0 amide bonds. The fourth-order valence-electron chi connectivity index (χ4n) is 5.10. The number of hydrogen-bond donors (Lipinski definition) is 0. The Morgan fingerprint density at radius 2 is 1.59 bits per heavy atom. The van der Waals surface area contributed by atoms with Crippen molar-refractivity contribution in [3.63, 3.8) is 0 Å². The van der Waals surface area contributed by atoms with E-state index in [4.69, 9.17) is 19.2 Å². The average Bonchev–Trinajstić information content (AvgIpc) is 3.59. The van der Waals surface area contributed by atoms with E-state index in [1.807, 2.05) is 13.0 Å². The van der Waals surface area contributed by atoms with Crippen molar-refractivity contribution < 1.29 is 14.2 Å². The molecular formula is C33H39N3O3. The topological polar surface area (TPSA) is 48.8 Å². The summed E-state index contributed by atoms with van der Waals surface area (Å²) in [6, 6.07) is 27.4. The fourth-order valence-corrected chi connectivity index (χ4v) is 5.10. The minimum absolute atomic E-state index is 0.288. The normalized spacial score (nSPS) is 12.4. The Bertz CT molecular complexity index is 1320. The first-order valence-electron chi connectivity index (χ1n) is 14.2. The highest BCUT2D eigenvalue weighted by Crippen LogP contribution is 2.34. The predicted molar refractivity (Wildman–Crippen MR) is 156 cm³/mol. The number of imidazole rings is 1. The van der Waals surface area contributed by atoms with E-state index in [9.17, 15) is 0 Å². The highest BCUT2D eigenvalue weighted by atomic mass is 16.7. The van der Waals surface area contributed by atoms with Crippen LogP contribution in [0.4, 0.5) is 0 Å². The second-order valence-corrected chi connectivity index (χ2v) is 9.92. The van der Waals surface area contributed by atoms with Gasteiger partial charge in [0.2, 0.25) is 6.79 Å². The summed E-state index contributed by atoms with van der Waals surface area (Å²) < 4.78 is 19.4. The molecule has 0 N–H and O–H groups in total. The average molecular weight is 526 g/mol. The van der Waals surface area contributed by atoms with Crippen molar-refractivity contribution in [2.45, 2.75) is 52.7 Å². The van der Waals surface area contributed by atoms with Crippen molar-refractivity contribution in [2.75, 3.05) is 26.6 Å². The Kier molecular flexibility index (Phi) is 9.30. The van der Waals surface area contributed by atoms with Gasteiger partial charge in [-0.1, -0.05) is 80.1 Å². The van der Waals surface area contributed by atoms with Crippen LogP contribution in [0.2, 0.25) is 0 Å². The van der Waals surface area contributed by atoms with Crippen LogP contribution >= 0.6 is 0 Å². The molecule has 0 radical (unpaired) electrons. The van der Waals surface area contributed by atoms with Crippen molar-refractivity contribution in [2.24, 2.45) is 0 Å². The number of hydrogen-bond acceptors (Lipinski definition) is 5. The zero-order valence-electron chi connectivity index (χ0n) is 23.1. The lowest BCUT2D eigenvalue weighted by atomic mass is 10.1. The maximum Gasteiger partial charge on any atom is 0.231 e. The fraction of sp³-hybridized carbons (Fsp3) is 0.364. The molecule has 1 aliphatic heterocycles. The Morgan fingerprint density at radius 1 is 0.846 bits per heavy atom. The molecule has 39 heavy (non-hydrogen) atoms. The molecule has 3 aromatic carbocycles. The van der Waals surface area contributed by atoms with Crippen molar-refractivity contribution in [3.8, 4) is 34.1 Å². The summed E-state index contributed by atoms with van der Waals surface area (Å²) in [5, 5.41) is 0. The highest BCUT2D eigenvalue weighted by Gasteiger charge is 2.22. The second-order valence-electron chi connectivity index (χ2n) is 9.92. The summed E-state index contributed by atoms with van der Waals surface area (Å²) in [6.45, 7) is 9.52. The van der Waals surface area contributed by atoms with Crippen LogP contribution in [-0.2, 0) is 24.4 Å². The number of nitrogens with zero attached hydrogens (tertiary/aromatic N) is 3. The molecule has 5 rings (SSSR count). The third-order valence-corrected chi connectivity index (χ3v) is 7.07. The van der Waals surface area contributed by atoms with Gasteiger partial charge in [-0.3, -0.25) is 4.90 Å². The van der Waals surface area contributed by atoms with E-state index in [1.165, 1.54) is 11.3 Å². The van der Waals surface area contributed by atoms with Gasteiger partial charge in [0.05, 0.1) is 11.4 Å². The molecule has 0 unspecified atom stereocenters. The zero-order valence-corrected chi connectivity index (χ0v) is 23.1. The summed E-state index contributed by atoms with van der Waals surface area (Å²) >= 11 is 0. The Morgan fingerprint density at radius 3 is 2.33 bits per heavy atom. The first kappa shape index (κ1) is 27.0. The van der Waals surface area contributed by atoms with Crippen LogP contribution in [0.3, 0.4) is 0 Å². The van der Waals surface area contributed by atoms with Crippen molar-refractivity contribution in [1.82, 2.24) is 14.5 Å². The molecular weight excluding hydrogens is 486 g/mol. The van der Waals surface area contributed by atoms with Crippen molar-refractivity contribution >= 4 is 0 Å². The van der Waals surface area contributed by atoms with Gasteiger partial charge in [-0.25, -0.2) is 4.98 Å². The minimum Gasteiger partial charge on any atom is -0.454 e. The monoisotopic (exact) mass is 525 g/mol. The summed E-state index contributed by atoms with van der Waals surface area (Å²) in [6.07, 6.45) is 3.19. The Balaban J connectivity index is 1.53. The number of unbranched alkanes of at least 4 members (excludes halogenated alkanes) is 1. The van der Waals surface area contributed by atoms with Gasteiger partial charge in [-0.2, -0.15) is 0 Å². The maximum absolute atomic E-state index is 5.70. The number of rotatable bonds is 14. The van der Waals surface area contributed by atoms with Gasteiger partial charge in [0, 0.05) is 50.5 Å². The molecule has 0 saturated heterocycles. The molecule has 1 aliphatic rings. The van der Waals surface area contributed by atoms with Gasteiger partial charge in [-0.05, 0) is 37.5 Å². The molecule has 0 atom stereocenters. The summed E-state index contributed by atoms with van der Waals surface area (Å²) in [5.41, 5.74) is 5.82. The van der Waals surface area contributed by atoms with Crippen LogP contribution in [-0.4, -0.2) is 41.0 Å². The van der Waals surface area contributed by atoms with Crippen LogP contribution in [0.25, 0.3) is 22.6 Å². The molecule has 6 heteroatoms. The lowest BCUT2D eigenvalue weighted by Gasteiger charge is -2.24. The van der Waals surface area contributed by atoms with Gasteiger partial charge in [-0.15, -0.1) is 0 Å². The van der Waals surface area contributed by atoms with Gasteiger partial charge >= 0.3 is 0 Å². The van der Waals surface area contributed by atoms with Gasteiger partial charge < -0.3 is 18.8 Å². The molecule has 204 valence electrons. The second kappa shape index (κ2) is 13.5. The van der Waals surface area contributed by atoms with Crippen LogP contribution < -0.4 is 9.47 Å². The van der Waals surface area contributed by atoms with Crippen LogP contribution in [0.5, 0.6) is 11.5 Å². The van der Waals surface area contributed by atoms with E-state index >= 15 is 0 Å². The number of fused-ring (bicyclic) bond motifs is 1. The smallest absolute Gasteiger partial charge is 0.231 e. The van der Waals surface area contributed by atoms with Gasteiger partial charge in [0.25, 0.3) is 0 Å². The molecule has 1 aromatic heterocycles. The first-order valence-corrected chi connectivity index (χ1v) is 14.2. The molecule has 0 bridgehead atoms. The van der Waals surface area contributed by atoms with Crippen LogP contribution in [0, 0.1) is 0 Å². The largest absolute Gasteiger partial charge is 0.454 e. The quantitative estimate of drug-likeness (QED) is 0.163. The summed E-state index contributed by atoms with van der Waals surface area (Å²) in [4.78, 5) is 7.81. The molecule has 0 saturated carbocycles. The SMILES string of the molecule is CCCCn1c(-c2ccccc2)nc(-c2ccccc2)c1CN(CCCOCC)Cc1ccc2c(c1)OCO2. The molecule has 0 spiro atoms. The van der Waals surface area contributed by atoms with Gasteiger partial charge in [0.15, 0.2) is 11.5 Å². The minimum atomic E-state index is 0.288. The number of ether oxygens (including phenoxy) is 3. The van der Waals surface area contributed by atoms with Crippen LogP contribution in [0.15, 0.2) is 78.9 Å². The molecule has 0 aliphatic carbocycles. The van der Waals surface area contributed by atoms with Crippen molar-refractivity contribution in [1.29, 1.82) is 0 Å². The van der Waals surface area contributed by atoms with Crippen LogP contribution in [0.1, 0.15) is 44.4 Å². The lowest BCUT2D eigenvalue weighted by molar-refractivity contribution is 0.128. The van der Waals surface area contributed by atoms with Gasteiger partial charge in [0.1, 0.15) is 5.82 Å². The van der Waals surface area contributed by atoms with Crippen molar-refractivity contribution in [3.05, 3.63) is 90.1 Å². The third kappa shape index (κ3) is 6.70. The standard InChI is InChI=1S/C33H39N3O3/c1-3-5-20-36-29(32(27-13-8-6-9-14-27)34-33(36)28-15-10-7-11-16-28)24-35(19-12-21-37-4-2)23-26-17-18-30-31(22-26)39-25-38-30/h6-11,13-18,22H,3-5,12,19-21,23-25H2,1-2H3. The summed E-state index contributed by atoms with van der Waals surface area (Å²) in [7, 11) is 0. The lowest BCUT2D eigenvalue weighted by Crippen LogP contribution is -2.27. The predicted octanol–water partition coefficient (Wildman–Crippen LogP) is 7.17. The number of benzene rings is 3. The Hall–Kier alpha value is -3.61. The number of aromatic nitrogens is 2. The van der Waals surface area contributed by atoms with E-state index in [0.717, 1.165) is 92.8 Å². The van der Waals surface area contributed by atoms with E-state index in [-0.39, 0.29) is 6.79 Å². The summed E-state index contributed by atoms with van der Waals surface area (Å²) in [5.74, 6) is 2.68. The molecule has 0 fully saturated rings. The zero-order chi connectivity index (χ0) is 26.9. The third-order valence-electron chi connectivity index (χ3n) is 7.07. The van der Waals surface area contributed by atoms with E-state index in [1.54, 1.807) is 0 Å². The first-order chi connectivity index (χ1) is 19.3.